The average Bonchev–Trinajstić information content (AvgIpc) is 2.52. The summed E-state index contributed by atoms with van der Waals surface area (Å²) in [5, 5.41) is 0. The second-order valence-corrected chi connectivity index (χ2v) is 2.85. The maximum Gasteiger partial charge on any atom is 0.142 e. The van der Waals surface area contributed by atoms with Crippen LogP contribution in [-0.4, -0.2) is 9.97 Å². The molecule has 2 N–H and O–H groups in total. The van der Waals surface area contributed by atoms with Crippen LogP contribution in [0.2, 0.25) is 0 Å². The standard InChI is InChI=1S/C8H11N3O/c1-5-6-3-12-4-7(6)11-8(2-9)10-5/h2-4,9H2,1H3. The van der Waals surface area contributed by atoms with E-state index in [0.29, 0.717) is 25.6 Å². The number of hydrogen-bond donors (Lipinski definition) is 1. The minimum absolute atomic E-state index is 0.397. The molecule has 4 nitrogen and oxygen atoms in total. The van der Waals surface area contributed by atoms with Gasteiger partial charge in [0.1, 0.15) is 5.82 Å². The third-order valence-corrected chi connectivity index (χ3v) is 2.01. The predicted molar refractivity (Wildman–Crippen MR) is 43.2 cm³/mol. The van der Waals surface area contributed by atoms with E-state index in [1.165, 1.54) is 0 Å². The number of aryl methyl sites for hydroxylation is 1. The Morgan fingerprint density at radius 1 is 1.42 bits per heavy atom. The average molecular weight is 165 g/mol. The number of hydrogen-bond acceptors (Lipinski definition) is 4. The van der Waals surface area contributed by atoms with Crippen LogP contribution in [0.1, 0.15) is 22.8 Å². The fourth-order valence-corrected chi connectivity index (χ4v) is 1.37. The van der Waals surface area contributed by atoms with Crippen LogP contribution in [0.5, 0.6) is 0 Å². The van der Waals surface area contributed by atoms with E-state index in [9.17, 15) is 0 Å². The zero-order valence-electron chi connectivity index (χ0n) is 7.00. The minimum atomic E-state index is 0.397. The van der Waals surface area contributed by atoms with E-state index in [2.05, 4.69) is 9.97 Å². The molecule has 1 aliphatic heterocycles. The fraction of sp³-hybridized carbons (Fsp3) is 0.500. The van der Waals surface area contributed by atoms with E-state index >= 15 is 0 Å². The molecule has 0 aromatic carbocycles. The summed E-state index contributed by atoms with van der Waals surface area (Å²) in [5.41, 5.74) is 8.58. The Bertz CT molecular complexity index is 311. The van der Waals surface area contributed by atoms with Crippen molar-refractivity contribution in [2.75, 3.05) is 0 Å². The van der Waals surface area contributed by atoms with Gasteiger partial charge in [-0.15, -0.1) is 0 Å². The first-order chi connectivity index (χ1) is 5.81. The molecule has 2 rings (SSSR count). The maximum atomic E-state index is 5.45. The fourth-order valence-electron chi connectivity index (χ4n) is 1.37. The molecule has 0 bridgehead atoms. The van der Waals surface area contributed by atoms with Gasteiger partial charge in [0.05, 0.1) is 25.5 Å². The van der Waals surface area contributed by atoms with Gasteiger partial charge < -0.3 is 10.5 Å². The SMILES string of the molecule is Cc1nc(CN)nc2c1COC2. The first-order valence-corrected chi connectivity index (χ1v) is 3.94. The van der Waals surface area contributed by atoms with Crippen molar-refractivity contribution >= 4 is 0 Å². The van der Waals surface area contributed by atoms with Crippen LogP contribution in [0.25, 0.3) is 0 Å². The Morgan fingerprint density at radius 3 is 3.00 bits per heavy atom. The molecule has 0 fully saturated rings. The molecule has 1 aliphatic rings. The molecule has 0 atom stereocenters. The van der Waals surface area contributed by atoms with Crippen molar-refractivity contribution in [3.8, 4) is 0 Å². The molecule has 0 saturated heterocycles. The van der Waals surface area contributed by atoms with Gasteiger partial charge in [0.25, 0.3) is 0 Å². The van der Waals surface area contributed by atoms with Gasteiger partial charge in [-0.25, -0.2) is 9.97 Å². The van der Waals surface area contributed by atoms with E-state index in [4.69, 9.17) is 10.5 Å². The van der Waals surface area contributed by atoms with E-state index in [1.54, 1.807) is 0 Å². The highest BCUT2D eigenvalue weighted by atomic mass is 16.5. The quantitative estimate of drug-likeness (QED) is 0.649. The lowest BCUT2D eigenvalue weighted by Gasteiger charge is -2.02. The highest BCUT2D eigenvalue weighted by Crippen LogP contribution is 2.19. The highest BCUT2D eigenvalue weighted by Gasteiger charge is 2.16. The summed E-state index contributed by atoms with van der Waals surface area (Å²) >= 11 is 0. The van der Waals surface area contributed by atoms with Crippen LogP contribution in [0.15, 0.2) is 0 Å². The first kappa shape index (κ1) is 7.64. The molecule has 64 valence electrons. The normalized spacial score (nSPS) is 14.8. The van der Waals surface area contributed by atoms with Crippen molar-refractivity contribution in [3.63, 3.8) is 0 Å². The Kier molecular flexibility index (Phi) is 1.78. The second-order valence-electron chi connectivity index (χ2n) is 2.85. The van der Waals surface area contributed by atoms with Crippen LogP contribution in [-0.2, 0) is 24.5 Å². The zero-order chi connectivity index (χ0) is 8.55. The van der Waals surface area contributed by atoms with Crippen molar-refractivity contribution in [2.45, 2.75) is 26.7 Å². The van der Waals surface area contributed by atoms with Crippen molar-refractivity contribution in [3.05, 3.63) is 22.8 Å². The molecule has 0 aliphatic carbocycles. The van der Waals surface area contributed by atoms with Crippen LogP contribution in [0.4, 0.5) is 0 Å². The van der Waals surface area contributed by atoms with E-state index < -0.39 is 0 Å². The molecular weight excluding hydrogens is 154 g/mol. The molecule has 2 heterocycles. The van der Waals surface area contributed by atoms with Crippen LogP contribution in [0, 0.1) is 6.92 Å². The summed E-state index contributed by atoms with van der Waals surface area (Å²) in [5.74, 6) is 0.705. The topological polar surface area (TPSA) is 61.0 Å². The molecule has 0 radical (unpaired) electrons. The maximum absolute atomic E-state index is 5.45. The summed E-state index contributed by atoms with van der Waals surface area (Å²) in [4.78, 5) is 8.52. The first-order valence-electron chi connectivity index (χ1n) is 3.94. The Morgan fingerprint density at radius 2 is 2.25 bits per heavy atom. The van der Waals surface area contributed by atoms with Crippen molar-refractivity contribution in [2.24, 2.45) is 5.73 Å². The number of nitrogens with two attached hydrogens (primary N) is 1. The summed E-state index contributed by atoms with van der Waals surface area (Å²) in [7, 11) is 0. The van der Waals surface area contributed by atoms with E-state index in [-0.39, 0.29) is 0 Å². The lowest BCUT2D eigenvalue weighted by Crippen LogP contribution is -2.07. The molecule has 12 heavy (non-hydrogen) atoms. The number of nitrogens with zero attached hydrogens (tertiary/aromatic N) is 2. The summed E-state index contributed by atoms with van der Waals surface area (Å²) in [6.07, 6.45) is 0. The molecular formula is C8H11N3O. The molecule has 1 aromatic heterocycles. The van der Waals surface area contributed by atoms with Crippen molar-refractivity contribution in [1.29, 1.82) is 0 Å². The summed E-state index contributed by atoms with van der Waals surface area (Å²) in [6.45, 7) is 3.61. The van der Waals surface area contributed by atoms with Crippen molar-refractivity contribution < 1.29 is 4.74 Å². The monoisotopic (exact) mass is 165 g/mol. The van der Waals surface area contributed by atoms with Gasteiger partial charge >= 0.3 is 0 Å². The van der Waals surface area contributed by atoms with Gasteiger partial charge in [-0.05, 0) is 6.92 Å². The smallest absolute Gasteiger partial charge is 0.142 e. The van der Waals surface area contributed by atoms with Crippen LogP contribution < -0.4 is 5.73 Å². The summed E-state index contributed by atoms with van der Waals surface area (Å²) in [6, 6.07) is 0. The number of ether oxygens (including phenoxy) is 1. The van der Waals surface area contributed by atoms with E-state index in [0.717, 1.165) is 17.0 Å². The van der Waals surface area contributed by atoms with Gasteiger partial charge in [-0.1, -0.05) is 0 Å². The molecule has 0 unspecified atom stereocenters. The minimum Gasteiger partial charge on any atom is -0.370 e. The third-order valence-electron chi connectivity index (χ3n) is 2.01. The Balaban J connectivity index is 2.51. The number of rotatable bonds is 1. The van der Waals surface area contributed by atoms with Crippen LogP contribution >= 0.6 is 0 Å². The summed E-state index contributed by atoms with van der Waals surface area (Å²) < 4.78 is 5.25. The predicted octanol–water partition coefficient (Wildman–Crippen LogP) is 0.274. The third kappa shape index (κ3) is 1.09. The van der Waals surface area contributed by atoms with Gasteiger partial charge in [-0.2, -0.15) is 0 Å². The molecule has 1 aromatic rings. The molecule has 0 amide bonds. The van der Waals surface area contributed by atoms with Gasteiger partial charge in [-0.3, -0.25) is 0 Å². The lowest BCUT2D eigenvalue weighted by atomic mass is 10.2. The zero-order valence-corrected chi connectivity index (χ0v) is 7.00. The molecule has 0 spiro atoms. The number of fused-ring (bicyclic) bond motifs is 1. The highest BCUT2D eigenvalue weighted by molar-refractivity contribution is 5.26. The lowest BCUT2D eigenvalue weighted by molar-refractivity contribution is 0.133. The molecule has 0 saturated carbocycles. The van der Waals surface area contributed by atoms with Crippen LogP contribution in [0.3, 0.4) is 0 Å². The number of aromatic nitrogens is 2. The largest absolute Gasteiger partial charge is 0.370 e. The van der Waals surface area contributed by atoms with Gasteiger partial charge in [0.15, 0.2) is 0 Å². The Labute approximate surface area is 70.8 Å². The van der Waals surface area contributed by atoms with Gasteiger partial charge in [0, 0.05) is 11.3 Å². The van der Waals surface area contributed by atoms with Crippen molar-refractivity contribution in [1.82, 2.24) is 9.97 Å². The Hall–Kier alpha value is -1.00. The molecule has 4 heteroatoms. The van der Waals surface area contributed by atoms with Gasteiger partial charge in [0.2, 0.25) is 0 Å². The van der Waals surface area contributed by atoms with E-state index in [1.807, 2.05) is 6.92 Å². The second kappa shape index (κ2) is 2.80.